The minimum atomic E-state index is 0.283. The van der Waals surface area contributed by atoms with Crippen LogP contribution in [0.1, 0.15) is 23.5 Å². The Bertz CT molecular complexity index is 1020. The average Bonchev–Trinajstić information content (AvgIpc) is 3.27. The van der Waals surface area contributed by atoms with Gasteiger partial charge in [-0.3, -0.25) is 14.6 Å². The van der Waals surface area contributed by atoms with Crippen molar-refractivity contribution in [3.8, 4) is 11.5 Å². The fourth-order valence-corrected chi connectivity index (χ4v) is 6.30. The number of rotatable bonds is 7. The summed E-state index contributed by atoms with van der Waals surface area (Å²) in [6.07, 6.45) is 1.02. The second kappa shape index (κ2) is 11.2. The first kappa shape index (κ1) is 25.1. The van der Waals surface area contributed by atoms with Crippen LogP contribution in [0.3, 0.4) is 0 Å². The van der Waals surface area contributed by atoms with Crippen LogP contribution >= 0.6 is 0 Å². The van der Waals surface area contributed by atoms with Gasteiger partial charge in [-0.1, -0.05) is 36.4 Å². The summed E-state index contributed by atoms with van der Waals surface area (Å²) in [7, 11) is 5.52. The number of methoxy groups -OCH3 is 2. The second-order valence-electron chi connectivity index (χ2n) is 10.6. The SMILES string of the molecule is COc1ccc([C@H]2CN(Cc3ccccc3)[C@@H]3CCN(C(=O)CN4CCN(C)CC4)C[C@H]23)cc1OC. The van der Waals surface area contributed by atoms with Gasteiger partial charge in [0.05, 0.1) is 20.8 Å². The van der Waals surface area contributed by atoms with E-state index in [0.29, 0.717) is 24.4 Å². The summed E-state index contributed by atoms with van der Waals surface area (Å²) >= 11 is 0. The third-order valence-corrected chi connectivity index (χ3v) is 8.41. The first-order valence-electron chi connectivity index (χ1n) is 13.2. The Morgan fingerprint density at radius 2 is 1.67 bits per heavy atom. The summed E-state index contributed by atoms with van der Waals surface area (Å²) in [6.45, 7) is 8.16. The molecule has 3 saturated heterocycles. The third-order valence-electron chi connectivity index (χ3n) is 8.41. The molecule has 0 saturated carbocycles. The lowest BCUT2D eigenvalue weighted by molar-refractivity contribution is -0.135. The molecular weight excluding hydrogens is 452 g/mol. The van der Waals surface area contributed by atoms with Crippen LogP contribution < -0.4 is 9.47 Å². The van der Waals surface area contributed by atoms with Crippen molar-refractivity contribution in [2.24, 2.45) is 5.92 Å². The quantitative estimate of drug-likeness (QED) is 0.593. The maximum Gasteiger partial charge on any atom is 0.236 e. The van der Waals surface area contributed by atoms with Gasteiger partial charge in [-0.15, -0.1) is 0 Å². The second-order valence-corrected chi connectivity index (χ2v) is 10.6. The lowest BCUT2D eigenvalue weighted by atomic mass is 9.81. The highest BCUT2D eigenvalue weighted by Gasteiger charge is 2.46. The maximum atomic E-state index is 13.4. The molecule has 0 aliphatic carbocycles. The van der Waals surface area contributed by atoms with Gasteiger partial charge in [-0.05, 0) is 36.7 Å². The van der Waals surface area contributed by atoms with Crippen molar-refractivity contribution < 1.29 is 14.3 Å². The van der Waals surface area contributed by atoms with E-state index in [1.54, 1.807) is 14.2 Å². The Morgan fingerprint density at radius 1 is 0.917 bits per heavy atom. The number of likely N-dealkylation sites (N-methyl/N-ethyl adjacent to an activating group) is 1. The minimum Gasteiger partial charge on any atom is -0.493 e. The Morgan fingerprint density at radius 3 is 2.39 bits per heavy atom. The molecule has 3 fully saturated rings. The molecule has 7 nitrogen and oxygen atoms in total. The van der Waals surface area contributed by atoms with Crippen molar-refractivity contribution in [3.05, 3.63) is 59.7 Å². The largest absolute Gasteiger partial charge is 0.493 e. The molecule has 3 atom stereocenters. The number of amides is 1. The molecule has 2 aromatic carbocycles. The molecule has 1 amide bonds. The lowest BCUT2D eigenvalue weighted by Crippen LogP contribution is -2.53. The van der Waals surface area contributed by atoms with Gasteiger partial charge in [0, 0.05) is 70.2 Å². The van der Waals surface area contributed by atoms with Crippen LogP contribution in [0, 0.1) is 5.92 Å². The molecular formula is C29H40N4O3. The molecule has 3 heterocycles. The topological polar surface area (TPSA) is 48.5 Å². The zero-order valence-corrected chi connectivity index (χ0v) is 21.9. The van der Waals surface area contributed by atoms with Crippen LogP contribution in [-0.4, -0.2) is 105 Å². The Kier molecular flexibility index (Phi) is 7.79. The van der Waals surface area contributed by atoms with Crippen molar-refractivity contribution in [1.29, 1.82) is 0 Å². The molecule has 0 aromatic heterocycles. The van der Waals surface area contributed by atoms with E-state index in [0.717, 1.165) is 70.3 Å². The van der Waals surface area contributed by atoms with E-state index < -0.39 is 0 Å². The van der Waals surface area contributed by atoms with Gasteiger partial charge in [0.25, 0.3) is 0 Å². The lowest BCUT2D eigenvalue weighted by Gasteiger charge is -2.40. The first-order valence-corrected chi connectivity index (χ1v) is 13.2. The molecule has 0 spiro atoms. The van der Waals surface area contributed by atoms with E-state index in [1.165, 1.54) is 11.1 Å². The predicted molar refractivity (Wildman–Crippen MR) is 142 cm³/mol. The Hall–Kier alpha value is -2.61. The van der Waals surface area contributed by atoms with Crippen LogP contribution in [0.5, 0.6) is 11.5 Å². The number of carbonyl (C=O) groups is 1. The van der Waals surface area contributed by atoms with Crippen molar-refractivity contribution in [3.63, 3.8) is 0 Å². The van der Waals surface area contributed by atoms with Gasteiger partial charge in [0.15, 0.2) is 11.5 Å². The number of carbonyl (C=O) groups excluding carboxylic acids is 1. The average molecular weight is 493 g/mol. The molecule has 36 heavy (non-hydrogen) atoms. The molecule has 3 aliphatic heterocycles. The fourth-order valence-electron chi connectivity index (χ4n) is 6.30. The molecule has 0 N–H and O–H groups in total. The summed E-state index contributed by atoms with van der Waals surface area (Å²) in [5.74, 6) is 2.55. The van der Waals surface area contributed by atoms with Gasteiger partial charge in [0.1, 0.15) is 0 Å². The van der Waals surface area contributed by atoms with Crippen molar-refractivity contribution in [1.82, 2.24) is 19.6 Å². The van der Waals surface area contributed by atoms with Crippen LogP contribution in [0.15, 0.2) is 48.5 Å². The number of likely N-dealkylation sites (tertiary alicyclic amines) is 2. The smallest absolute Gasteiger partial charge is 0.236 e. The van der Waals surface area contributed by atoms with E-state index in [4.69, 9.17) is 9.47 Å². The maximum absolute atomic E-state index is 13.4. The van der Waals surface area contributed by atoms with Crippen LogP contribution in [-0.2, 0) is 11.3 Å². The highest BCUT2D eigenvalue weighted by molar-refractivity contribution is 5.78. The molecule has 194 valence electrons. The standard InChI is InChI=1S/C29H40N4O3/c1-30-13-15-31(16-14-30)21-29(34)32-12-11-26-25(20-32)24(19-33(26)18-22-7-5-4-6-8-22)23-9-10-27(35-2)28(17-23)36-3/h4-10,17,24-26H,11-16,18-21H2,1-3H3/t24-,25-,26-/m1/s1. The highest BCUT2D eigenvalue weighted by Crippen LogP contribution is 2.44. The number of benzene rings is 2. The van der Waals surface area contributed by atoms with Gasteiger partial charge in [-0.2, -0.15) is 0 Å². The number of fused-ring (bicyclic) bond motifs is 1. The molecule has 7 heteroatoms. The molecule has 3 aliphatic rings. The number of piperidine rings is 1. The van der Waals surface area contributed by atoms with Crippen molar-refractivity contribution >= 4 is 5.91 Å². The zero-order valence-electron chi connectivity index (χ0n) is 21.9. The fraction of sp³-hybridized carbons (Fsp3) is 0.552. The van der Waals surface area contributed by atoms with Crippen molar-refractivity contribution in [2.45, 2.75) is 24.9 Å². The van der Waals surface area contributed by atoms with Gasteiger partial charge < -0.3 is 19.3 Å². The number of hydrogen-bond donors (Lipinski definition) is 0. The predicted octanol–water partition coefficient (Wildman–Crippen LogP) is 2.77. The van der Waals surface area contributed by atoms with E-state index in [9.17, 15) is 4.79 Å². The molecule has 0 radical (unpaired) electrons. The monoisotopic (exact) mass is 492 g/mol. The third kappa shape index (κ3) is 5.38. The highest BCUT2D eigenvalue weighted by atomic mass is 16.5. The normalized spacial score (nSPS) is 25.5. The van der Waals surface area contributed by atoms with Crippen LogP contribution in [0.25, 0.3) is 0 Å². The molecule has 2 aromatic rings. The van der Waals surface area contributed by atoms with E-state index in [2.05, 4.69) is 69.1 Å². The van der Waals surface area contributed by atoms with E-state index in [1.807, 2.05) is 6.07 Å². The zero-order chi connectivity index (χ0) is 25.1. The molecule has 0 bridgehead atoms. The number of nitrogens with zero attached hydrogens (tertiary/aromatic N) is 4. The number of ether oxygens (including phenoxy) is 2. The van der Waals surface area contributed by atoms with Crippen LogP contribution in [0.4, 0.5) is 0 Å². The van der Waals surface area contributed by atoms with Gasteiger partial charge in [0.2, 0.25) is 5.91 Å². The number of piperazine rings is 1. The van der Waals surface area contributed by atoms with Crippen molar-refractivity contribution in [2.75, 3.05) is 73.6 Å². The van der Waals surface area contributed by atoms with Gasteiger partial charge >= 0.3 is 0 Å². The number of hydrogen-bond acceptors (Lipinski definition) is 6. The summed E-state index contributed by atoms with van der Waals surface area (Å²) in [4.78, 5) is 22.8. The first-order chi connectivity index (χ1) is 17.6. The van der Waals surface area contributed by atoms with E-state index in [-0.39, 0.29) is 5.91 Å². The molecule has 0 unspecified atom stereocenters. The summed E-state index contributed by atoms with van der Waals surface area (Å²) in [6, 6.07) is 17.5. The minimum absolute atomic E-state index is 0.283. The Balaban J connectivity index is 1.35. The van der Waals surface area contributed by atoms with Crippen LogP contribution in [0.2, 0.25) is 0 Å². The van der Waals surface area contributed by atoms with Gasteiger partial charge in [-0.25, -0.2) is 0 Å². The Labute approximate surface area is 215 Å². The molecule has 5 rings (SSSR count). The summed E-state index contributed by atoms with van der Waals surface area (Å²) in [5.41, 5.74) is 2.62. The summed E-state index contributed by atoms with van der Waals surface area (Å²) < 4.78 is 11.1. The van der Waals surface area contributed by atoms with E-state index >= 15 is 0 Å². The summed E-state index contributed by atoms with van der Waals surface area (Å²) in [5, 5.41) is 0.